The lowest BCUT2D eigenvalue weighted by Gasteiger charge is -2.31. The van der Waals surface area contributed by atoms with E-state index >= 15 is 0 Å². The maximum atomic E-state index is 6.20. The minimum Gasteiger partial charge on any atom is -0.370 e. The van der Waals surface area contributed by atoms with E-state index in [2.05, 4.69) is 54.6 Å². The van der Waals surface area contributed by atoms with Gasteiger partial charge in [0.1, 0.15) is 0 Å². The largest absolute Gasteiger partial charge is 0.370 e. The van der Waals surface area contributed by atoms with Crippen molar-refractivity contribution in [2.24, 2.45) is 0 Å². The van der Waals surface area contributed by atoms with Gasteiger partial charge in [-0.25, -0.2) is 0 Å². The molecule has 106 valence electrons. The molecule has 0 saturated heterocycles. The van der Waals surface area contributed by atoms with E-state index in [9.17, 15) is 0 Å². The number of benzene rings is 1. The van der Waals surface area contributed by atoms with Crippen LogP contribution in [0, 0.1) is 0 Å². The van der Waals surface area contributed by atoms with Gasteiger partial charge in [-0.15, -0.1) is 0 Å². The highest BCUT2D eigenvalue weighted by Gasteiger charge is 2.19. The van der Waals surface area contributed by atoms with Crippen molar-refractivity contribution >= 4 is 29.3 Å². The van der Waals surface area contributed by atoms with Gasteiger partial charge in [-0.3, -0.25) is 0 Å². The molecule has 1 aliphatic heterocycles. The zero-order chi connectivity index (χ0) is 14.8. The minimum atomic E-state index is 0.293. The molecule has 1 atom stereocenters. The molecule has 0 spiro atoms. The van der Waals surface area contributed by atoms with Crippen molar-refractivity contribution in [1.29, 1.82) is 0 Å². The Kier molecular flexibility index (Phi) is 4.05. The fourth-order valence-electron chi connectivity index (χ4n) is 2.53. The second kappa shape index (κ2) is 5.97. The molecule has 0 bridgehead atoms. The molecule has 1 nitrogen and oxygen atoms in total. The predicted octanol–water partition coefficient (Wildman–Crippen LogP) is 5.26. The molecule has 1 aromatic carbocycles. The van der Waals surface area contributed by atoms with Crippen LogP contribution in [-0.4, -0.2) is 18.0 Å². The summed E-state index contributed by atoms with van der Waals surface area (Å²) in [4.78, 5) is 2.19. The van der Waals surface area contributed by atoms with Crippen LogP contribution in [0.25, 0.3) is 6.08 Å². The number of likely N-dealkylation sites (N-methyl/N-ethyl adjacent to an activating group) is 1. The molecule has 0 aromatic heterocycles. The van der Waals surface area contributed by atoms with Gasteiger partial charge in [0, 0.05) is 28.9 Å². The number of rotatable bonds is 2. The molecule has 0 radical (unpaired) electrons. The number of hydrogen-bond acceptors (Lipinski definition) is 1. The second-order valence-corrected chi connectivity index (χ2v) is 5.86. The van der Waals surface area contributed by atoms with Gasteiger partial charge >= 0.3 is 0 Å². The first-order valence-corrected chi connectivity index (χ1v) is 7.53. The van der Waals surface area contributed by atoms with Gasteiger partial charge < -0.3 is 4.90 Å². The van der Waals surface area contributed by atoms with Crippen molar-refractivity contribution < 1.29 is 0 Å². The first-order valence-electron chi connectivity index (χ1n) is 6.78. The third-order valence-electron chi connectivity index (χ3n) is 3.69. The Bertz CT molecular complexity index is 688. The highest BCUT2D eigenvalue weighted by atomic mass is 35.5. The average molecular weight is 316 g/mol. The number of allylic oxidation sites excluding steroid dienone is 5. The number of hydrogen-bond donors (Lipinski definition) is 0. The molecule has 3 rings (SSSR count). The normalized spacial score (nSPS) is 20.5. The van der Waals surface area contributed by atoms with E-state index in [4.69, 9.17) is 23.2 Å². The maximum Gasteiger partial charge on any atom is 0.0726 e. The molecular weight excluding hydrogens is 301 g/mol. The molecule has 21 heavy (non-hydrogen) atoms. The maximum absolute atomic E-state index is 6.20. The molecule has 1 aliphatic carbocycles. The van der Waals surface area contributed by atoms with Crippen molar-refractivity contribution in [1.82, 2.24) is 4.90 Å². The van der Waals surface area contributed by atoms with Gasteiger partial charge in [-0.05, 0) is 29.4 Å². The van der Waals surface area contributed by atoms with Crippen LogP contribution in [0.5, 0.6) is 0 Å². The molecule has 1 aromatic rings. The van der Waals surface area contributed by atoms with Crippen molar-refractivity contribution in [2.45, 2.75) is 6.04 Å². The van der Waals surface area contributed by atoms with E-state index in [0.29, 0.717) is 16.1 Å². The predicted molar refractivity (Wildman–Crippen MR) is 91.5 cm³/mol. The van der Waals surface area contributed by atoms with Gasteiger partial charge in [-0.1, -0.05) is 65.7 Å². The van der Waals surface area contributed by atoms with Crippen LogP contribution in [0.2, 0.25) is 10.0 Å². The van der Waals surface area contributed by atoms with Gasteiger partial charge in [0.05, 0.1) is 6.04 Å². The summed E-state index contributed by atoms with van der Waals surface area (Å²) in [5.41, 5.74) is 3.31. The molecule has 1 unspecified atom stereocenters. The highest BCUT2D eigenvalue weighted by Crippen LogP contribution is 2.29. The van der Waals surface area contributed by atoms with Crippen LogP contribution in [0.15, 0.2) is 72.0 Å². The molecular formula is C18H15Cl2N. The summed E-state index contributed by atoms with van der Waals surface area (Å²) in [6.07, 6.45) is 16.7. The molecule has 0 saturated carbocycles. The zero-order valence-electron chi connectivity index (χ0n) is 11.6. The molecule has 3 heteroatoms. The summed E-state index contributed by atoms with van der Waals surface area (Å²) in [6.45, 7) is 0. The Morgan fingerprint density at radius 1 is 1.05 bits per heavy atom. The number of fused-ring (bicyclic) bond motifs is 1. The Balaban J connectivity index is 1.98. The topological polar surface area (TPSA) is 3.24 Å². The van der Waals surface area contributed by atoms with Crippen LogP contribution in [-0.2, 0) is 0 Å². The average Bonchev–Trinajstić information content (AvgIpc) is 2.49. The Hall–Kier alpha value is -1.70. The smallest absolute Gasteiger partial charge is 0.0726 e. The van der Waals surface area contributed by atoms with Crippen LogP contribution >= 0.6 is 23.2 Å². The Morgan fingerprint density at radius 3 is 2.57 bits per heavy atom. The van der Waals surface area contributed by atoms with E-state index in [-0.39, 0.29) is 0 Å². The van der Waals surface area contributed by atoms with Crippen LogP contribution in [0.4, 0.5) is 0 Å². The lowest BCUT2D eigenvalue weighted by Crippen LogP contribution is -2.30. The highest BCUT2D eigenvalue weighted by molar-refractivity contribution is 6.37. The molecule has 2 aliphatic rings. The summed E-state index contributed by atoms with van der Waals surface area (Å²) in [6, 6.07) is 5.84. The summed E-state index contributed by atoms with van der Waals surface area (Å²) in [5.74, 6) is 0. The van der Waals surface area contributed by atoms with Gasteiger partial charge in [0.25, 0.3) is 0 Å². The van der Waals surface area contributed by atoms with E-state index in [1.807, 2.05) is 24.3 Å². The fourth-order valence-corrected chi connectivity index (χ4v) is 3.06. The van der Waals surface area contributed by atoms with E-state index in [0.717, 1.165) is 5.56 Å². The quantitative estimate of drug-likeness (QED) is 0.719. The summed E-state index contributed by atoms with van der Waals surface area (Å²) < 4.78 is 0. The third kappa shape index (κ3) is 2.85. The number of nitrogens with zero attached hydrogens (tertiary/aromatic N) is 1. The summed E-state index contributed by atoms with van der Waals surface area (Å²) >= 11 is 12.4. The molecule has 0 fully saturated rings. The fraction of sp³-hybridized carbons (Fsp3) is 0.111. The lowest BCUT2D eigenvalue weighted by atomic mass is 9.92. The standard InChI is InChI=1S/C18H15Cl2N/c1-21-12-11-13(14-5-2-3-8-18(14)21)9-10-15-16(19)6-4-7-17(15)20/h2-12,18H,1H3/b10-9+. The van der Waals surface area contributed by atoms with Gasteiger partial charge in [0.15, 0.2) is 0 Å². The van der Waals surface area contributed by atoms with Crippen LogP contribution in [0.3, 0.4) is 0 Å². The third-order valence-corrected chi connectivity index (χ3v) is 4.35. The van der Waals surface area contributed by atoms with Gasteiger partial charge in [0.2, 0.25) is 0 Å². The summed E-state index contributed by atoms with van der Waals surface area (Å²) in [7, 11) is 2.08. The van der Waals surface area contributed by atoms with E-state index in [1.165, 1.54) is 11.1 Å². The van der Waals surface area contributed by atoms with Crippen molar-refractivity contribution in [3.8, 4) is 0 Å². The summed E-state index contributed by atoms with van der Waals surface area (Å²) in [5, 5.41) is 1.33. The molecule has 1 heterocycles. The zero-order valence-corrected chi connectivity index (χ0v) is 13.1. The molecule has 0 N–H and O–H groups in total. The lowest BCUT2D eigenvalue weighted by molar-refractivity contribution is 0.420. The molecule has 0 amide bonds. The Morgan fingerprint density at radius 2 is 1.81 bits per heavy atom. The first kappa shape index (κ1) is 14.2. The van der Waals surface area contributed by atoms with E-state index in [1.54, 1.807) is 0 Å². The first-order chi connectivity index (χ1) is 10.2. The SMILES string of the molecule is CN1C=CC(/C=C/c2c(Cl)cccc2Cl)=C2C=CC=CC21. The second-order valence-electron chi connectivity index (χ2n) is 5.05. The Labute approximate surface area is 135 Å². The monoisotopic (exact) mass is 315 g/mol. The van der Waals surface area contributed by atoms with Crippen molar-refractivity contribution in [2.75, 3.05) is 7.05 Å². The van der Waals surface area contributed by atoms with Crippen molar-refractivity contribution in [3.05, 3.63) is 87.6 Å². The van der Waals surface area contributed by atoms with Crippen molar-refractivity contribution in [3.63, 3.8) is 0 Å². The van der Waals surface area contributed by atoms with Crippen LogP contribution in [0.1, 0.15) is 5.56 Å². The van der Waals surface area contributed by atoms with Crippen LogP contribution < -0.4 is 0 Å². The minimum absolute atomic E-state index is 0.293. The van der Waals surface area contributed by atoms with E-state index < -0.39 is 0 Å². The number of halogens is 2. The van der Waals surface area contributed by atoms with Gasteiger partial charge in [-0.2, -0.15) is 0 Å².